The largest absolute Gasteiger partial charge is 0.354 e. The van der Waals surface area contributed by atoms with E-state index in [4.69, 9.17) is 4.98 Å². The van der Waals surface area contributed by atoms with Crippen LogP contribution in [0.1, 0.15) is 40.0 Å². The maximum Gasteiger partial charge on any atom is 0.232 e. The SMILES string of the molecule is CCNc1nc(N2CCCC2)nc(N2CC(C)CC2C)n1. The van der Waals surface area contributed by atoms with Crippen molar-refractivity contribution in [1.29, 1.82) is 0 Å². The predicted octanol–water partition coefficient (Wildman–Crippen LogP) is 2.14. The summed E-state index contributed by atoms with van der Waals surface area (Å²) in [5.74, 6) is 3.07. The third-order valence-corrected chi connectivity index (χ3v) is 4.38. The molecule has 0 bridgehead atoms. The number of anilines is 3. The van der Waals surface area contributed by atoms with E-state index in [1.807, 2.05) is 0 Å². The van der Waals surface area contributed by atoms with Crippen molar-refractivity contribution in [2.75, 3.05) is 41.3 Å². The molecule has 6 nitrogen and oxygen atoms in total. The highest BCUT2D eigenvalue weighted by Gasteiger charge is 2.29. The van der Waals surface area contributed by atoms with Gasteiger partial charge in [0.1, 0.15) is 0 Å². The normalized spacial score (nSPS) is 25.7. The molecule has 3 heterocycles. The van der Waals surface area contributed by atoms with Crippen LogP contribution in [0.5, 0.6) is 0 Å². The number of nitrogens with one attached hydrogen (secondary N) is 1. The smallest absolute Gasteiger partial charge is 0.232 e. The summed E-state index contributed by atoms with van der Waals surface area (Å²) in [6.07, 6.45) is 3.67. The van der Waals surface area contributed by atoms with Crippen LogP contribution in [0.2, 0.25) is 0 Å². The molecule has 21 heavy (non-hydrogen) atoms. The van der Waals surface area contributed by atoms with Crippen molar-refractivity contribution in [3.05, 3.63) is 0 Å². The summed E-state index contributed by atoms with van der Waals surface area (Å²) in [6, 6.07) is 0.503. The molecule has 1 aromatic rings. The summed E-state index contributed by atoms with van der Waals surface area (Å²) in [5.41, 5.74) is 0. The Kier molecular flexibility index (Phi) is 4.12. The molecule has 0 spiro atoms. The quantitative estimate of drug-likeness (QED) is 0.917. The Labute approximate surface area is 127 Å². The van der Waals surface area contributed by atoms with Gasteiger partial charge in [0.05, 0.1) is 0 Å². The lowest BCUT2D eigenvalue weighted by molar-refractivity contribution is 0.624. The highest BCUT2D eigenvalue weighted by atomic mass is 15.4. The highest BCUT2D eigenvalue weighted by Crippen LogP contribution is 2.28. The fourth-order valence-electron chi connectivity index (χ4n) is 3.36. The number of nitrogens with zero attached hydrogens (tertiary/aromatic N) is 5. The van der Waals surface area contributed by atoms with Crippen LogP contribution in [-0.2, 0) is 0 Å². The van der Waals surface area contributed by atoms with Crippen LogP contribution in [0.25, 0.3) is 0 Å². The maximum atomic E-state index is 4.75. The molecular formula is C15H26N6. The number of aromatic nitrogens is 3. The molecule has 1 N–H and O–H groups in total. The molecule has 2 saturated heterocycles. The standard InChI is InChI=1S/C15H26N6/c1-4-16-13-17-14(20-7-5-6-8-20)19-15(18-13)21-10-11(2)9-12(21)3/h11-12H,4-10H2,1-3H3,(H,16,17,18,19). The van der Waals surface area contributed by atoms with Crippen molar-refractivity contribution in [1.82, 2.24) is 15.0 Å². The minimum Gasteiger partial charge on any atom is -0.354 e. The van der Waals surface area contributed by atoms with Crippen LogP contribution in [0, 0.1) is 5.92 Å². The minimum atomic E-state index is 0.503. The van der Waals surface area contributed by atoms with E-state index in [9.17, 15) is 0 Å². The van der Waals surface area contributed by atoms with Gasteiger partial charge in [0.25, 0.3) is 0 Å². The third kappa shape index (κ3) is 3.04. The molecule has 0 saturated carbocycles. The lowest BCUT2D eigenvalue weighted by atomic mass is 10.1. The summed E-state index contributed by atoms with van der Waals surface area (Å²) in [6.45, 7) is 10.6. The summed E-state index contributed by atoms with van der Waals surface area (Å²) < 4.78 is 0. The molecule has 0 amide bonds. The van der Waals surface area contributed by atoms with Crippen molar-refractivity contribution in [2.24, 2.45) is 5.92 Å². The fraction of sp³-hybridized carbons (Fsp3) is 0.800. The number of hydrogen-bond acceptors (Lipinski definition) is 6. The van der Waals surface area contributed by atoms with E-state index >= 15 is 0 Å². The molecule has 2 atom stereocenters. The van der Waals surface area contributed by atoms with Crippen LogP contribution in [-0.4, -0.2) is 47.2 Å². The van der Waals surface area contributed by atoms with E-state index in [-0.39, 0.29) is 0 Å². The van der Waals surface area contributed by atoms with Gasteiger partial charge in [-0.15, -0.1) is 0 Å². The Morgan fingerprint density at radius 2 is 1.81 bits per heavy atom. The van der Waals surface area contributed by atoms with Crippen LogP contribution >= 0.6 is 0 Å². The Morgan fingerprint density at radius 1 is 1.10 bits per heavy atom. The van der Waals surface area contributed by atoms with Gasteiger partial charge >= 0.3 is 0 Å². The first-order valence-electron chi connectivity index (χ1n) is 8.19. The molecule has 2 aliphatic rings. The van der Waals surface area contributed by atoms with Gasteiger partial charge < -0.3 is 15.1 Å². The Morgan fingerprint density at radius 3 is 2.43 bits per heavy atom. The number of rotatable bonds is 4. The Bertz CT molecular complexity index is 485. The molecule has 2 unspecified atom stereocenters. The lowest BCUT2D eigenvalue weighted by Crippen LogP contribution is -2.30. The first-order chi connectivity index (χ1) is 10.2. The topological polar surface area (TPSA) is 57.2 Å². The number of hydrogen-bond donors (Lipinski definition) is 1. The summed E-state index contributed by atoms with van der Waals surface area (Å²) >= 11 is 0. The van der Waals surface area contributed by atoms with E-state index in [1.165, 1.54) is 19.3 Å². The van der Waals surface area contributed by atoms with Crippen LogP contribution in [0.3, 0.4) is 0 Å². The highest BCUT2D eigenvalue weighted by molar-refractivity contribution is 5.46. The first-order valence-corrected chi connectivity index (χ1v) is 8.19. The van der Waals surface area contributed by atoms with E-state index < -0.39 is 0 Å². The van der Waals surface area contributed by atoms with Crippen molar-refractivity contribution < 1.29 is 0 Å². The molecule has 0 radical (unpaired) electrons. The van der Waals surface area contributed by atoms with Crippen molar-refractivity contribution in [2.45, 2.75) is 46.1 Å². The van der Waals surface area contributed by atoms with E-state index in [0.29, 0.717) is 17.9 Å². The predicted molar refractivity (Wildman–Crippen MR) is 86.0 cm³/mol. The minimum absolute atomic E-state index is 0.503. The second kappa shape index (κ2) is 6.03. The molecule has 6 heteroatoms. The van der Waals surface area contributed by atoms with E-state index in [1.54, 1.807) is 0 Å². The van der Waals surface area contributed by atoms with Gasteiger partial charge in [0, 0.05) is 32.2 Å². The monoisotopic (exact) mass is 290 g/mol. The molecule has 3 rings (SSSR count). The van der Waals surface area contributed by atoms with E-state index in [2.05, 4.69) is 45.9 Å². The van der Waals surface area contributed by atoms with Crippen molar-refractivity contribution >= 4 is 17.8 Å². The second-order valence-corrected chi connectivity index (χ2v) is 6.33. The third-order valence-electron chi connectivity index (χ3n) is 4.38. The van der Waals surface area contributed by atoms with Gasteiger partial charge in [0.15, 0.2) is 0 Å². The lowest BCUT2D eigenvalue weighted by Gasteiger charge is -2.24. The Balaban J connectivity index is 1.91. The molecule has 2 aliphatic heterocycles. The van der Waals surface area contributed by atoms with E-state index in [0.717, 1.165) is 38.1 Å². The van der Waals surface area contributed by atoms with Crippen LogP contribution in [0.15, 0.2) is 0 Å². The summed E-state index contributed by atoms with van der Waals surface area (Å²) in [7, 11) is 0. The fourth-order valence-corrected chi connectivity index (χ4v) is 3.36. The summed E-state index contributed by atoms with van der Waals surface area (Å²) in [4.78, 5) is 18.6. The molecule has 116 valence electrons. The molecule has 1 aromatic heterocycles. The van der Waals surface area contributed by atoms with Gasteiger partial charge in [-0.25, -0.2) is 0 Å². The van der Waals surface area contributed by atoms with Gasteiger partial charge in [-0.05, 0) is 39.0 Å². The maximum absolute atomic E-state index is 4.75. The molecule has 0 aliphatic carbocycles. The van der Waals surface area contributed by atoms with Crippen LogP contribution in [0.4, 0.5) is 17.8 Å². The first kappa shape index (κ1) is 14.4. The van der Waals surface area contributed by atoms with Gasteiger partial charge in [0.2, 0.25) is 17.8 Å². The van der Waals surface area contributed by atoms with Crippen molar-refractivity contribution in [3.8, 4) is 0 Å². The van der Waals surface area contributed by atoms with Crippen molar-refractivity contribution in [3.63, 3.8) is 0 Å². The second-order valence-electron chi connectivity index (χ2n) is 6.33. The van der Waals surface area contributed by atoms with Gasteiger partial charge in [-0.2, -0.15) is 15.0 Å². The molecule has 0 aromatic carbocycles. The zero-order valence-corrected chi connectivity index (χ0v) is 13.3. The Hall–Kier alpha value is -1.59. The summed E-state index contributed by atoms with van der Waals surface area (Å²) in [5, 5.41) is 3.25. The van der Waals surface area contributed by atoms with Crippen LogP contribution < -0.4 is 15.1 Å². The molecular weight excluding hydrogens is 264 g/mol. The van der Waals surface area contributed by atoms with Gasteiger partial charge in [-0.3, -0.25) is 0 Å². The average molecular weight is 290 g/mol. The average Bonchev–Trinajstić information content (AvgIpc) is 3.08. The zero-order valence-electron chi connectivity index (χ0n) is 13.3. The molecule has 2 fully saturated rings. The zero-order chi connectivity index (χ0) is 14.8. The van der Waals surface area contributed by atoms with Gasteiger partial charge in [-0.1, -0.05) is 6.92 Å².